The number of rotatable bonds is 3. The molecule has 0 spiro atoms. The van der Waals surface area contributed by atoms with Crippen molar-refractivity contribution in [2.75, 3.05) is 13.4 Å². The maximum atomic E-state index is 11.2. The largest absolute Gasteiger partial charge is 0.496 e. The maximum Gasteiger partial charge on any atom is 0.153 e. The van der Waals surface area contributed by atoms with Crippen LogP contribution in [0.1, 0.15) is 16.8 Å². The number of hydrogen-bond acceptors (Lipinski definition) is 4. The third kappa shape index (κ3) is 2.92. The third-order valence-electron chi connectivity index (χ3n) is 2.15. The second kappa shape index (κ2) is 4.18. The summed E-state index contributed by atoms with van der Waals surface area (Å²) < 4.78 is 27.5. The molecule has 0 aliphatic rings. The van der Waals surface area contributed by atoms with Gasteiger partial charge >= 0.3 is 0 Å². The van der Waals surface area contributed by atoms with E-state index in [0.29, 0.717) is 11.4 Å². The Kier molecular flexibility index (Phi) is 3.34. The normalized spacial score (nSPS) is 11.5. The van der Waals surface area contributed by atoms with Gasteiger partial charge in [-0.2, -0.15) is 0 Å². The number of aromatic nitrogens is 1. The van der Waals surface area contributed by atoms with Crippen LogP contribution in [-0.2, 0) is 15.6 Å². The van der Waals surface area contributed by atoms with Gasteiger partial charge < -0.3 is 4.74 Å². The van der Waals surface area contributed by atoms with E-state index in [1.54, 1.807) is 13.3 Å². The molecule has 1 aromatic rings. The highest BCUT2D eigenvalue weighted by molar-refractivity contribution is 7.89. The molecule has 4 nitrogen and oxygen atoms in total. The molecular weight excluding hydrogens is 214 g/mol. The second-order valence-corrected chi connectivity index (χ2v) is 5.76. The third-order valence-corrected chi connectivity index (χ3v) is 2.95. The Morgan fingerprint density at radius 1 is 1.40 bits per heavy atom. The highest BCUT2D eigenvalue weighted by Gasteiger charge is 2.13. The highest BCUT2D eigenvalue weighted by Crippen LogP contribution is 2.24. The van der Waals surface area contributed by atoms with Crippen LogP contribution in [-0.4, -0.2) is 26.8 Å². The number of pyridine rings is 1. The highest BCUT2D eigenvalue weighted by atomic mass is 32.2. The Bertz CT molecular complexity index is 466. The van der Waals surface area contributed by atoms with Crippen LogP contribution in [0, 0.1) is 13.8 Å². The summed E-state index contributed by atoms with van der Waals surface area (Å²) in [5, 5.41) is 0. The van der Waals surface area contributed by atoms with Crippen LogP contribution in [0.3, 0.4) is 0 Å². The summed E-state index contributed by atoms with van der Waals surface area (Å²) >= 11 is 0. The summed E-state index contributed by atoms with van der Waals surface area (Å²) in [6.45, 7) is 3.70. The first-order valence-electron chi connectivity index (χ1n) is 4.52. The summed E-state index contributed by atoms with van der Waals surface area (Å²) in [5.41, 5.74) is 2.26. The summed E-state index contributed by atoms with van der Waals surface area (Å²) in [6, 6.07) is 0. The van der Waals surface area contributed by atoms with Gasteiger partial charge in [0.2, 0.25) is 0 Å². The van der Waals surface area contributed by atoms with Gasteiger partial charge in [0, 0.05) is 23.6 Å². The molecule has 0 N–H and O–H groups in total. The fourth-order valence-electron chi connectivity index (χ4n) is 1.46. The van der Waals surface area contributed by atoms with E-state index in [1.807, 2.05) is 13.8 Å². The van der Waals surface area contributed by atoms with E-state index in [4.69, 9.17) is 4.74 Å². The van der Waals surface area contributed by atoms with Gasteiger partial charge in [0.25, 0.3) is 0 Å². The monoisotopic (exact) mass is 229 g/mol. The summed E-state index contributed by atoms with van der Waals surface area (Å²) in [4.78, 5) is 4.11. The van der Waals surface area contributed by atoms with Crippen LogP contribution in [0.15, 0.2) is 6.20 Å². The van der Waals surface area contributed by atoms with Gasteiger partial charge in [-0.3, -0.25) is 4.98 Å². The van der Waals surface area contributed by atoms with Gasteiger partial charge in [-0.05, 0) is 13.8 Å². The first-order valence-corrected chi connectivity index (χ1v) is 6.58. The van der Waals surface area contributed by atoms with E-state index >= 15 is 0 Å². The minimum absolute atomic E-state index is 0.0462. The molecular formula is C10H15NO3S. The lowest BCUT2D eigenvalue weighted by Crippen LogP contribution is -2.06. The molecule has 1 rings (SSSR count). The van der Waals surface area contributed by atoms with Crippen LogP contribution >= 0.6 is 0 Å². The van der Waals surface area contributed by atoms with Gasteiger partial charge in [-0.15, -0.1) is 0 Å². The minimum Gasteiger partial charge on any atom is -0.496 e. The zero-order valence-corrected chi connectivity index (χ0v) is 10.2. The van der Waals surface area contributed by atoms with Crippen molar-refractivity contribution in [3.05, 3.63) is 23.0 Å². The molecule has 0 saturated carbocycles. The molecule has 0 unspecified atom stereocenters. The Morgan fingerprint density at radius 2 is 2.00 bits per heavy atom. The molecule has 5 heteroatoms. The minimum atomic E-state index is -3.06. The molecule has 0 aliphatic heterocycles. The molecule has 0 aliphatic carbocycles. The number of aryl methyl sites for hydroxylation is 1. The fourth-order valence-corrected chi connectivity index (χ4v) is 2.25. The zero-order valence-electron chi connectivity index (χ0n) is 9.36. The smallest absolute Gasteiger partial charge is 0.153 e. The zero-order chi connectivity index (χ0) is 11.6. The topological polar surface area (TPSA) is 56.3 Å². The predicted octanol–water partition coefficient (Wildman–Crippen LogP) is 1.25. The van der Waals surface area contributed by atoms with E-state index in [9.17, 15) is 8.42 Å². The van der Waals surface area contributed by atoms with Gasteiger partial charge in [0.05, 0.1) is 18.6 Å². The molecule has 0 radical (unpaired) electrons. The fraction of sp³-hybridized carbons (Fsp3) is 0.500. The molecule has 0 aromatic carbocycles. The standard InChI is InChI=1S/C10H15NO3S/c1-7-5-11-9(6-15(4,12)13)8(2)10(7)14-3/h5H,6H2,1-4H3. The molecule has 1 aromatic heterocycles. The van der Waals surface area contributed by atoms with Crippen molar-refractivity contribution in [1.82, 2.24) is 4.98 Å². The lowest BCUT2D eigenvalue weighted by Gasteiger charge is -2.11. The van der Waals surface area contributed by atoms with Crippen LogP contribution in [0.2, 0.25) is 0 Å². The number of methoxy groups -OCH3 is 1. The number of nitrogens with zero attached hydrogens (tertiary/aromatic N) is 1. The van der Waals surface area contributed by atoms with Crippen molar-refractivity contribution < 1.29 is 13.2 Å². The lowest BCUT2D eigenvalue weighted by atomic mass is 10.1. The van der Waals surface area contributed by atoms with Crippen LogP contribution in [0.25, 0.3) is 0 Å². The van der Waals surface area contributed by atoms with Crippen molar-refractivity contribution in [1.29, 1.82) is 0 Å². The van der Waals surface area contributed by atoms with E-state index in [0.717, 1.165) is 11.1 Å². The first-order chi connectivity index (χ1) is 6.85. The summed E-state index contributed by atoms with van der Waals surface area (Å²) in [6.07, 6.45) is 2.83. The summed E-state index contributed by atoms with van der Waals surface area (Å²) in [5.74, 6) is 0.666. The molecule has 0 atom stereocenters. The molecule has 1 heterocycles. The van der Waals surface area contributed by atoms with Crippen molar-refractivity contribution in [2.24, 2.45) is 0 Å². The molecule has 0 amide bonds. The van der Waals surface area contributed by atoms with Crippen molar-refractivity contribution in [3.8, 4) is 5.75 Å². The van der Waals surface area contributed by atoms with E-state index in [-0.39, 0.29) is 5.75 Å². The Labute approximate surface area is 90.2 Å². The Hall–Kier alpha value is -1.10. The van der Waals surface area contributed by atoms with Crippen LogP contribution in [0.5, 0.6) is 5.75 Å². The number of ether oxygens (including phenoxy) is 1. The first kappa shape index (κ1) is 12.0. The predicted molar refractivity (Wildman–Crippen MR) is 58.8 cm³/mol. The van der Waals surface area contributed by atoms with Crippen molar-refractivity contribution in [3.63, 3.8) is 0 Å². The van der Waals surface area contributed by atoms with Crippen molar-refractivity contribution in [2.45, 2.75) is 19.6 Å². The average molecular weight is 229 g/mol. The van der Waals surface area contributed by atoms with Gasteiger partial charge in [-0.1, -0.05) is 0 Å². The van der Waals surface area contributed by atoms with Crippen LogP contribution in [0.4, 0.5) is 0 Å². The van der Waals surface area contributed by atoms with Crippen LogP contribution < -0.4 is 4.74 Å². The average Bonchev–Trinajstić information content (AvgIpc) is 2.09. The summed E-state index contributed by atoms with van der Waals surface area (Å²) in [7, 11) is -1.49. The SMILES string of the molecule is COc1c(C)cnc(CS(C)(=O)=O)c1C. The second-order valence-electron chi connectivity index (χ2n) is 3.62. The molecule has 0 saturated heterocycles. The van der Waals surface area contributed by atoms with E-state index < -0.39 is 9.84 Å². The van der Waals surface area contributed by atoms with Gasteiger partial charge in [0.15, 0.2) is 9.84 Å². The molecule has 15 heavy (non-hydrogen) atoms. The lowest BCUT2D eigenvalue weighted by molar-refractivity contribution is 0.407. The number of sulfone groups is 1. The van der Waals surface area contributed by atoms with Gasteiger partial charge in [-0.25, -0.2) is 8.42 Å². The molecule has 84 valence electrons. The Morgan fingerprint density at radius 3 is 2.47 bits per heavy atom. The number of hydrogen-bond donors (Lipinski definition) is 0. The Balaban J connectivity index is 3.22. The van der Waals surface area contributed by atoms with E-state index in [1.165, 1.54) is 6.26 Å². The quantitative estimate of drug-likeness (QED) is 0.782. The molecule has 0 bridgehead atoms. The van der Waals surface area contributed by atoms with Gasteiger partial charge in [0.1, 0.15) is 5.75 Å². The molecule has 0 fully saturated rings. The maximum absolute atomic E-state index is 11.2. The van der Waals surface area contributed by atoms with Crippen molar-refractivity contribution >= 4 is 9.84 Å². The van der Waals surface area contributed by atoms with E-state index in [2.05, 4.69) is 4.98 Å².